The number of likely N-dealkylation sites (tertiary alicyclic amines) is 1. The van der Waals surface area contributed by atoms with Gasteiger partial charge in [-0.05, 0) is 19.3 Å². The molecule has 142 valence electrons. The molecule has 0 bridgehead atoms. The van der Waals surface area contributed by atoms with Crippen LogP contribution < -0.4 is 16.0 Å². The number of amides is 2. The molecule has 0 aromatic carbocycles. The van der Waals surface area contributed by atoms with Gasteiger partial charge in [-0.15, -0.1) is 0 Å². The Hall–Kier alpha value is -1.83. The van der Waals surface area contributed by atoms with Crippen LogP contribution in [0.25, 0.3) is 0 Å². The first kappa shape index (κ1) is 19.5. The van der Waals surface area contributed by atoms with E-state index >= 15 is 0 Å². The maximum Gasteiger partial charge on any atom is 0.239 e. The third kappa shape index (κ3) is 6.19. The first-order chi connectivity index (χ1) is 12.1. The fourth-order valence-corrected chi connectivity index (χ4v) is 3.42. The molecule has 8 nitrogen and oxygen atoms in total. The van der Waals surface area contributed by atoms with Crippen molar-refractivity contribution in [3.05, 3.63) is 0 Å². The topological polar surface area (TPSA) is 95.1 Å². The van der Waals surface area contributed by atoms with Crippen LogP contribution in [0.1, 0.15) is 32.1 Å². The minimum Gasteiger partial charge on any atom is -0.383 e. The molecule has 2 fully saturated rings. The highest BCUT2D eigenvalue weighted by Gasteiger charge is 2.32. The molecule has 2 amide bonds. The van der Waals surface area contributed by atoms with Gasteiger partial charge in [0.25, 0.3) is 0 Å². The number of nitrogens with one attached hydrogen (secondary N) is 3. The highest BCUT2D eigenvalue weighted by molar-refractivity contribution is 5.86. The van der Waals surface area contributed by atoms with E-state index in [4.69, 9.17) is 4.74 Å². The van der Waals surface area contributed by atoms with Crippen molar-refractivity contribution < 1.29 is 14.3 Å². The zero-order valence-electron chi connectivity index (χ0n) is 15.3. The van der Waals surface area contributed by atoms with Crippen LogP contribution in [-0.4, -0.2) is 75.7 Å². The molecule has 0 radical (unpaired) electrons. The molecular weight excluding hydrogens is 322 g/mol. The Balaban J connectivity index is 1.69. The molecule has 0 aromatic rings. The molecule has 3 N–H and O–H groups in total. The maximum absolute atomic E-state index is 12.5. The minimum atomic E-state index is -0.107. The van der Waals surface area contributed by atoms with Gasteiger partial charge in [-0.1, -0.05) is 12.8 Å². The van der Waals surface area contributed by atoms with E-state index in [0.29, 0.717) is 31.6 Å². The lowest BCUT2D eigenvalue weighted by Crippen LogP contribution is -2.48. The van der Waals surface area contributed by atoms with Gasteiger partial charge in [-0.3, -0.25) is 14.6 Å². The van der Waals surface area contributed by atoms with Crippen molar-refractivity contribution in [3.63, 3.8) is 0 Å². The molecule has 8 heteroatoms. The minimum absolute atomic E-state index is 0.107. The molecule has 0 aromatic heterocycles. The van der Waals surface area contributed by atoms with Gasteiger partial charge in [0.1, 0.15) is 0 Å². The van der Waals surface area contributed by atoms with Crippen LogP contribution >= 0.6 is 0 Å². The quantitative estimate of drug-likeness (QED) is 0.332. The van der Waals surface area contributed by atoms with Gasteiger partial charge in [0.2, 0.25) is 11.8 Å². The van der Waals surface area contributed by atoms with Crippen LogP contribution in [-0.2, 0) is 14.3 Å². The SMILES string of the molecule is CN=C(NCC(=O)NCCOC)NC1CCN(C(=O)C2CCCC2)C1. The third-order valence-corrected chi connectivity index (χ3v) is 4.81. The fraction of sp³-hybridized carbons (Fsp3) is 0.824. The number of guanidine groups is 1. The van der Waals surface area contributed by atoms with Gasteiger partial charge in [-0.2, -0.15) is 0 Å². The number of rotatable bonds is 7. The van der Waals surface area contributed by atoms with Crippen molar-refractivity contribution in [2.75, 3.05) is 46.9 Å². The molecule has 1 saturated carbocycles. The Labute approximate surface area is 149 Å². The van der Waals surface area contributed by atoms with E-state index in [1.54, 1.807) is 14.2 Å². The fourth-order valence-electron chi connectivity index (χ4n) is 3.42. The van der Waals surface area contributed by atoms with Crippen LogP contribution in [0.4, 0.5) is 0 Å². The van der Waals surface area contributed by atoms with Crippen molar-refractivity contribution in [1.82, 2.24) is 20.9 Å². The lowest BCUT2D eigenvalue weighted by molar-refractivity contribution is -0.134. The van der Waals surface area contributed by atoms with Gasteiger partial charge in [0.05, 0.1) is 13.2 Å². The summed E-state index contributed by atoms with van der Waals surface area (Å²) in [4.78, 5) is 30.3. The van der Waals surface area contributed by atoms with Gasteiger partial charge in [0.15, 0.2) is 5.96 Å². The number of ether oxygens (including phenoxy) is 1. The van der Waals surface area contributed by atoms with Crippen molar-refractivity contribution in [2.45, 2.75) is 38.1 Å². The highest BCUT2D eigenvalue weighted by Crippen LogP contribution is 2.27. The van der Waals surface area contributed by atoms with Crippen molar-refractivity contribution >= 4 is 17.8 Å². The second kappa shape index (κ2) is 10.2. The van der Waals surface area contributed by atoms with Crippen LogP contribution in [0.2, 0.25) is 0 Å². The summed E-state index contributed by atoms with van der Waals surface area (Å²) in [5.41, 5.74) is 0. The highest BCUT2D eigenvalue weighted by atomic mass is 16.5. The zero-order valence-corrected chi connectivity index (χ0v) is 15.3. The van der Waals surface area contributed by atoms with Gasteiger partial charge in [0, 0.05) is 45.8 Å². The van der Waals surface area contributed by atoms with E-state index in [2.05, 4.69) is 20.9 Å². The Morgan fingerprint density at radius 1 is 1.20 bits per heavy atom. The Morgan fingerprint density at radius 3 is 2.64 bits per heavy atom. The summed E-state index contributed by atoms with van der Waals surface area (Å²) in [6.07, 6.45) is 5.33. The van der Waals surface area contributed by atoms with Crippen molar-refractivity contribution in [1.29, 1.82) is 0 Å². The zero-order chi connectivity index (χ0) is 18.1. The normalized spacial score (nSPS) is 21.4. The van der Waals surface area contributed by atoms with Gasteiger partial charge >= 0.3 is 0 Å². The Kier molecular flexibility index (Phi) is 7.97. The molecule has 0 spiro atoms. The van der Waals surface area contributed by atoms with Crippen LogP contribution in [0, 0.1) is 5.92 Å². The molecule has 2 aliphatic rings. The molecule has 1 saturated heterocycles. The van der Waals surface area contributed by atoms with E-state index in [1.165, 1.54) is 12.8 Å². The molecule has 1 unspecified atom stereocenters. The van der Waals surface area contributed by atoms with Gasteiger partial charge in [-0.25, -0.2) is 0 Å². The number of methoxy groups -OCH3 is 1. The number of hydrogen-bond acceptors (Lipinski definition) is 4. The van der Waals surface area contributed by atoms with E-state index in [0.717, 1.165) is 25.8 Å². The Morgan fingerprint density at radius 2 is 1.96 bits per heavy atom. The first-order valence-electron chi connectivity index (χ1n) is 9.15. The first-order valence-corrected chi connectivity index (χ1v) is 9.15. The second-order valence-corrected chi connectivity index (χ2v) is 6.66. The van der Waals surface area contributed by atoms with E-state index in [1.807, 2.05) is 4.90 Å². The summed E-state index contributed by atoms with van der Waals surface area (Å²) in [5, 5.41) is 9.06. The predicted molar refractivity (Wildman–Crippen MR) is 96.3 cm³/mol. The molecular formula is C17H31N5O3. The molecule has 1 atom stereocenters. The summed E-state index contributed by atoms with van der Waals surface area (Å²) in [6.45, 7) is 2.63. The van der Waals surface area contributed by atoms with Crippen LogP contribution in [0.3, 0.4) is 0 Å². The predicted octanol–water partition coefficient (Wildman–Crippen LogP) is -0.295. The molecule has 1 aliphatic carbocycles. The standard InChI is InChI=1S/C17H31N5O3/c1-18-17(20-11-15(23)19-8-10-25-2)21-14-7-9-22(12-14)16(24)13-5-3-4-6-13/h13-14H,3-12H2,1-2H3,(H,19,23)(H2,18,20,21). The number of carbonyl (C=O) groups excluding carboxylic acids is 2. The monoisotopic (exact) mass is 353 g/mol. The van der Waals surface area contributed by atoms with E-state index in [9.17, 15) is 9.59 Å². The lowest BCUT2D eigenvalue weighted by Gasteiger charge is -2.21. The third-order valence-electron chi connectivity index (χ3n) is 4.81. The maximum atomic E-state index is 12.5. The van der Waals surface area contributed by atoms with E-state index < -0.39 is 0 Å². The summed E-state index contributed by atoms with van der Waals surface area (Å²) in [6, 6.07) is 0.174. The summed E-state index contributed by atoms with van der Waals surface area (Å²) < 4.78 is 4.89. The Bertz CT molecular complexity index is 477. The average molecular weight is 353 g/mol. The number of aliphatic imine (C=N–C) groups is 1. The van der Waals surface area contributed by atoms with E-state index in [-0.39, 0.29) is 24.4 Å². The summed E-state index contributed by atoms with van der Waals surface area (Å²) in [7, 11) is 3.27. The summed E-state index contributed by atoms with van der Waals surface area (Å²) in [5.74, 6) is 1.01. The largest absolute Gasteiger partial charge is 0.383 e. The van der Waals surface area contributed by atoms with Crippen LogP contribution in [0.5, 0.6) is 0 Å². The molecule has 1 aliphatic heterocycles. The van der Waals surface area contributed by atoms with Crippen molar-refractivity contribution in [3.8, 4) is 0 Å². The number of nitrogens with zero attached hydrogens (tertiary/aromatic N) is 2. The molecule has 25 heavy (non-hydrogen) atoms. The summed E-state index contributed by atoms with van der Waals surface area (Å²) >= 11 is 0. The van der Waals surface area contributed by atoms with Crippen LogP contribution in [0.15, 0.2) is 4.99 Å². The average Bonchev–Trinajstić information content (AvgIpc) is 3.30. The number of carbonyl (C=O) groups is 2. The lowest BCUT2D eigenvalue weighted by atomic mass is 10.1. The molecule has 1 heterocycles. The second-order valence-electron chi connectivity index (χ2n) is 6.66. The molecule has 2 rings (SSSR count). The number of hydrogen-bond donors (Lipinski definition) is 3. The van der Waals surface area contributed by atoms with Gasteiger partial charge < -0.3 is 25.6 Å². The smallest absolute Gasteiger partial charge is 0.239 e. The van der Waals surface area contributed by atoms with Crippen molar-refractivity contribution in [2.24, 2.45) is 10.9 Å².